The minimum absolute atomic E-state index is 0.0905. The maximum Gasteiger partial charge on any atom is 0.417 e. The number of carbonyl (C=O) groups excluding carboxylic acids is 5. The van der Waals surface area contributed by atoms with Gasteiger partial charge in [-0.25, -0.2) is 4.98 Å². The SMILES string of the molecule is CC(=O)c1ccc(N2C(=O)C3CC=C4C(CC5C(=O)N(Nc6ncc(C(F)(F)F)cc6Cl)C(=O)C5(c5ccc(Cl)cc5)C4c4ccc(CO)o4)C3C2=O)cc1. The van der Waals surface area contributed by atoms with E-state index in [1.54, 1.807) is 36.4 Å². The van der Waals surface area contributed by atoms with E-state index in [-0.39, 0.29) is 35.8 Å². The summed E-state index contributed by atoms with van der Waals surface area (Å²) >= 11 is 12.5. The molecule has 4 aromatic rings. The molecular formula is C39H29Cl2F3N4O7. The zero-order valence-electron chi connectivity index (χ0n) is 28.6. The first-order chi connectivity index (χ1) is 26.2. The van der Waals surface area contributed by atoms with Crippen LogP contribution in [-0.2, 0) is 37.4 Å². The van der Waals surface area contributed by atoms with Gasteiger partial charge in [0.05, 0.1) is 39.9 Å². The number of benzene rings is 2. The number of rotatable bonds is 7. The van der Waals surface area contributed by atoms with Crippen molar-refractivity contribution in [3.8, 4) is 0 Å². The molecule has 4 aliphatic rings. The van der Waals surface area contributed by atoms with Gasteiger partial charge in [-0.2, -0.15) is 18.2 Å². The second-order valence-electron chi connectivity index (χ2n) is 14.0. The summed E-state index contributed by atoms with van der Waals surface area (Å²) in [5.41, 5.74) is 1.24. The standard InChI is InChI=1S/C39H29Cl2F3N4O7/c1-18(50)19-2-8-23(9-3-19)47-34(51)26-12-11-25-27(31(26)36(47)53)15-28-35(52)48(46-33-29(41)14-21(16-45-33)39(42,43)44)37(54)38(28,20-4-6-22(40)7-5-20)32(25)30-13-10-24(17-49)55-30/h2-11,13-14,16,26-28,31-32,49H,12,15,17H2,1H3,(H,45,46). The molecule has 8 rings (SSSR count). The third-order valence-electron chi connectivity index (χ3n) is 11.2. The van der Waals surface area contributed by atoms with Gasteiger partial charge in [-0.05, 0) is 85.8 Å². The second-order valence-corrected chi connectivity index (χ2v) is 14.8. The number of hydrazine groups is 1. The van der Waals surface area contributed by atoms with Crippen LogP contribution in [0.15, 0.2) is 89.0 Å². The van der Waals surface area contributed by atoms with Gasteiger partial charge in [0.25, 0.3) is 11.8 Å². The van der Waals surface area contributed by atoms with Crippen molar-refractivity contribution in [3.05, 3.63) is 123 Å². The van der Waals surface area contributed by atoms with Crippen molar-refractivity contribution in [2.45, 2.75) is 43.9 Å². The lowest BCUT2D eigenvalue weighted by Gasteiger charge is -2.49. The van der Waals surface area contributed by atoms with Crippen molar-refractivity contribution in [1.82, 2.24) is 9.99 Å². The largest absolute Gasteiger partial charge is 0.463 e. The Morgan fingerprint density at radius 1 is 0.982 bits per heavy atom. The van der Waals surface area contributed by atoms with Crippen molar-refractivity contribution in [3.63, 3.8) is 0 Å². The highest BCUT2D eigenvalue weighted by Gasteiger charge is 2.71. The van der Waals surface area contributed by atoms with E-state index in [1.807, 2.05) is 0 Å². The number of nitrogens with zero attached hydrogens (tertiary/aromatic N) is 3. The number of alkyl halides is 3. The predicted octanol–water partition coefficient (Wildman–Crippen LogP) is 6.88. The smallest absolute Gasteiger partial charge is 0.417 e. The molecule has 55 heavy (non-hydrogen) atoms. The number of hydrogen-bond donors (Lipinski definition) is 2. The van der Waals surface area contributed by atoms with Crippen molar-refractivity contribution in [1.29, 1.82) is 0 Å². The summed E-state index contributed by atoms with van der Waals surface area (Å²) in [7, 11) is 0. The number of aliphatic hydroxyl groups excluding tert-OH is 1. The number of aliphatic hydroxyl groups is 1. The molecule has 0 bridgehead atoms. The van der Waals surface area contributed by atoms with Crippen LogP contribution in [0.3, 0.4) is 0 Å². The van der Waals surface area contributed by atoms with Gasteiger partial charge in [-0.1, -0.05) is 47.0 Å². The molecule has 0 radical (unpaired) electrons. The van der Waals surface area contributed by atoms with E-state index in [2.05, 4.69) is 10.4 Å². The zero-order chi connectivity index (χ0) is 39.1. The van der Waals surface area contributed by atoms with Crippen LogP contribution in [0.25, 0.3) is 0 Å². The Hall–Kier alpha value is -5.31. The van der Waals surface area contributed by atoms with Gasteiger partial charge in [0, 0.05) is 16.8 Å². The Morgan fingerprint density at radius 3 is 2.31 bits per heavy atom. The number of imide groups is 2. The van der Waals surface area contributed by atoms with Crippen molar-refractivity contribution >= 4 is 64.1 Å². The Balaban J connectivity index is 1.27. The molecule has 2 aromatic carbocycles. The molecule has 2 aliphatic carbocycles. The number of furan rings is 1. The summed E-state index contributed by atoms with van der Waals surface area (Å²) in [6.45, 7) is 0.912. The number of hydrogen-bond acceptors (Lipinski definition) is 9. The number of amides is 4. The zero-order valence-corrected chi connectivity index (χ0v) is 30.2. The lowest BCUT2D eigenvalue weighted by Crippen LogP contribution is -2.53. The monoisotopic (exact) mass is 792 g/mol. The van der Waals surface area contributed by atoms with Gasteiger partial charge < -0.3 is 9.52 Å². The third kappa shape index (κ3) is 5.60. The van der Waals surface area contributed by atoms with E-state index in [9.17, 15) is 37.5 Å². The fourth-order valence-corrected chi connectivity index (χ4v) is 9.16. The molecule has 0 spiro atoms. The van der Waals surface area contributed by atoms with Gasteiger partial charge in [-0.15, -0.1) is 0 Å². The number of carbonyl (C=O) groups is 5. The molecule has 2 N–H and O–H groups in total. The molecule has 2 aliphatic heterocycles. The highest BCUT2D eigenvalue weighted by Crippen LogP contribution is 2.64. The van der Waals surface area contributed by atoms with Crippen LogP contribution in [0.2, 0.25) is 10.0 Å². The van der Waals surface area contributed by atoms with Crippen molar-refractivity contribution < 1.29 is 46.7 Å². The molecule has 1 saturated carbocycles. The van der Waals surface area contributed by atoms with E-state index < -0.39 is 87.8 Å². The normalized spacial score (nSPS) is 26.2. The number of aromatic nitrogens is 1. The predicted molar refractivity (Wildman–Crippen MR) is 190 cm³/mol. The Labute approximate surface area is 320 Å². The minimum atomic E-state index is -4.76. The summed E-state index contributed by atoms with van der Waals surface area (Å²) in [6.07, 6.45) is -2.41. The molecule has 4 amide bonds. The molecule has 3 fully saturated rings. The average molecular weight is 794 g/mol. The first-order valence-electron chi connectivity index (χ1n) is 17.2. The van der Waals surface area contributed by atoms with E-state index in [0.29, 0.717) is 39.0 Å². The summed E-state index contributed by atoms with van der Waals surface area (Å²) in [4.78, 5) is 75.2. The Morgan fingerprint density at radius 2 is 1.69 bits per heavy atom. The molecule has 2 aromatic heterocycles. The second kappa shape index (κ2) is 13.2. The van der Waals surface area contributed by atoms with Crippen molar-refractivity contribution in [2.24, 2.45) is 23.7 Å². The van der Waals surface area contributed by atoms with Gasteiger partial charge in [0.15, 0.2) is 11.6 Å². The van der Waals surface area contributed by atoms with Gasteiger partial charge in [0.2, 0.25) is 11.8 Å². The minimum Gasteiger partial charge on any atom is -0.463 e. The number of pyridine rings is 1. The van der Waals surface area contributed by atoms with Crippen LogP contribution in [0, 0.1) is 23.7 Å². The molecule has 6 atom stereocenters. The van der Waals surface area contributed by atoms with Crippen LogP contribution in [0.4, 0.5) is 24.7 Å². The topological polar surface area (TPSA) is 150 Å². The fourth-order valence-electron chi connectivity index (χ4n) is 8.83. The quantitative estimate of drug-likeness (QED) is 0.116. The number of halogens is 5. The number of nitrogens with one attached hydrogen (secondary N) is 1. The molecule has 2 saturated heterocycles. The number of allylic oxidation sites excluding steroid dienone is 2. The summed E-state index contributed by atoms with van der Waals surface area (Å²) in [6, 6.07) is 16.1. The average Bonchev–Trinajstić information content (AvgIpc) is 3.79. The van der Waals surface area contributed by atoms with E-state index in [4.69, 9.17) is 27.6 Å². The first kappa shape index (κ1) is 36.7. The molecule has 4 heterocycles. The van der Waals surface area contributed by atoms with E-state index in [0.717, 1.165) is 4.90 Å². The van der Waals surface area contributed by atoms with Crippen LogP contribution < -0.4 is 10.3 Å². The number of ketones is 1. The van der Waals surface area contributed by atoms with Crippen molar-refractivity contribution in [2.75, 3.05) is 10.3 Å². The molecule has 6 unspecified atom stereocenters. The maximum atomic E-state index is 15.2. The Kier molecular flexibility index (Phi) is 8.78. The summed E-state index contributed by atoms with van der Waals surface area (Å²) < 4.78 is 46.5. The van der Waals surface area contributed by atoms with E-state index in [1.165, 1.54) is 37.3 Å². The number of Topliss-reactive ketones (excluding diaryl/α,β-unsaturated/α-hetero) is 1. The summed E-state index contributed by atoms with van der Waals surface area (Å²) in [5, 5.41) is 10.5. The number of anilines is 2. The van der Waals surface area contributed by atoms with Crippen LogP contribution >= 0.6 is 23.2 Å². The Bertz CT molecular complexity index is 2330. The first-order valence-corrected chi connectivity index (χ1v) is 17.9. The van der Waals surface area contributed by atoms with E-state index >= 15 is 4.79 Å². The van der Waals surface area contributed by atoms with Gasteiger partial charge in [0.1, 0.15) is 23.5 Å². The van der Waals surface area contributed by atoms with Gasteiger partial charge in [-0.3, -0.25) is 34.3 Å². The molecular weight excluding hydrogens is 764 g/mol. The molecule has 282 valence electrons. The lowest BCUT2D eigenvalue weighted by molar-refractivity contribution is -0.139. The highest BCUT2D eigenvalue weighted by atomic mass is 35.5. The molecule has 16 heteroatoms. The van der Waals surface area contributed by atoms with Gasteiger partial charge >= 0.3 is 6.18 Å². The summed E-state index contributed by atoms with van der Waals surface area (Å²) in [5.74, 6) is -7.62. The fraction of sp³-hybridized carbons (Fsp3) is 0.282. The van der Waals surface area contributed by atoms with Crippen LogP contribution in [0.1, 0.15) is 58.7 Å². The number of fused-ring (bicyclic) bond motifs is 4. The van der Waals surface area contributed by atoms with Crippen LogP contribution in [-0.4, -0.2) is 44.5 Å². The third-order valence-corrected chi connectivity index (χ3v) is 11.8. The highest BCUT2D eigenvalue weighted by molar-refractivity contribution is 6.33. The maximum absolute atomic E-state index is 15.2. The van der Waals surface area contributed by atoms with Crippen LogP contribution in [0.5, 0.6) is 0 Å². The molecule has 11 nitrogen and oxygen atoms in total. The lowest BCUT2D eigenvalue weighted by atomic mass is 9.50.